The number of nitrogens with zero attached hydrogens (tertiary/aromatic N) is 1. The highest BCUT2D eigenvalue weighted by Crippen LogP contribution is 2.19. The van der Waals surface area contributed by atoms with E-state index in [0.29, 0.717) is 12.0 Å². The van der Waals surface area contributed by atoms with Crippen LogP contribution in [0.4, 0.5) is 0 Å². The molecule has 1 heterocycles. The van der Waals surface area contributed by atoms with E-state index in [9.17, 15) is 33.9 Å². The number of benzene rings is 1. The van der Waals surface area contributed by atoms with Gasteiger partial charge in [0.2, 0.25) is 17.7 Å². The van der Waals surface area contributed by atoms with Gasteiger partial charge in [0.1, 0.15) is 18.1 Å². The van der Waals surface area contributed by atoms with E-state index in [1.54, 1.807) is 30.5 Å². The maximum absolute atomic E-state index is 13.5. The van der Waals surface area contributed by atoms with Crippen molar-refractivity contribution in [3.8, 4) is 0 Å². The first kappa shape index (κ1) is 34.0. The molecule has 17 nitrogen and oxygen atoms in total. The Bertz CT molecular complexity index is 1360. The van der Waals surface area contributed by atoms with Gasteiger partial charge < -0.3 is 53.5 Å². The van der Waals surface area contributed by atoms with Crippen molar-refractivity contribution in [2.75, 3.05) is 6.54 Å². The Morgan fingerprint density at radius 1 is 0.837 bits per heavy atom. The molecule has 234 valence electrons. The summed E-state index contributed by atoms with van der Waals surface area (Å²) in [5, 5.41) is 35.1. The summed E-state index contributed by atoms with van der Waals surface area (Å²) in [7, 11) is 0. The van der Waals surface area contributed by atoms with E-state index in [1.807, 2.05) is 5.32 Å². The van der Waals surface area contributed by atoms with Crippen molar-refractivity contribution in [2.24, 2.45) is 22.2 Å². The molecule has 0 spiro atoms. The lowest BCUT2D eigenvalue weighted by molar-refractivity contribution is -0.147. The molecule has 0 aliphatic rings. The predicted molar refractivity (Wildman–Crippen MR) is 152 cm³/mol. The molecule has 13 N–H and O–H groups in total. The number of aliphatic imine (C=N–C) groups is 1. The van der Waals surface area contributed by atoms with E-state index in [4.69, 9.17) is 27.4 Å². The van der Waals surface area contributed by atoms with Crippen LogP contribution in [-0.4, -0.2) is 92.6 Å². The summed E-state index contributed by atoms with van der Waals surface area (Å²) in [6.07, 6.45) is 0.120. The standard InChI is InChI=1S/C26H36N8O9/c27-15(5-3-9-30-26(28)29)22(39)33-18(10-13-12-31-16-6-2-1-4-14(13)16)24(41)32-17(7-8-20(35)36)23(40)34-19(25(42)43)11-21(37)38/h1-2,4,6,12,15,17-19,31H,3,5,7-11,27H2,(H,32,41)(H,33,39)(H,34,40)(H,35,36)(H,37,38)(H,42,43)(H4,28,29,30). The van der Waals surface area contributed by atoms with Gasteiger partial charge in [-0.3, -0.25) is 29.0 Å². The minimum absolute atomic E-state index is 0.0632. The van der Waals surface area contributed by atoms with Crippen LogP contribution in [0.25, 0.3) is 10.9 Å². The Morgan fingerprint density at radius 2 is 1.47 bits per heavy atom. The SMILES string of the molecule is NC(N)=NCCCC(N)C(=O)NC(Cc1c[nH]c2ccccc12)C(=O)NC(CCC(=O)O)C(=O)NC(CC(=O)O)C(=O)O. The normalized spacial score (nSPS) is 13.6. The third kappa shape index (κ3) is 11.3. The molecule has 3 amide bonds. The summed E-state index contributed by atoms with van der Waals surface area (Å²) < 4.78 is 0. The smallest absolute Gasteiger partial charge is 0.326 e. The number of H-pyrrole nitrogens is 1. The number of rotatable bonds is 18. The lowest BCUT2D eigenvalue weighted by Gasteiger charge is -2.25. The Hall–Kier alpha value is -5.19. The molecule has 4 unspecified atom stereocenters. The molecule has 0 radical (unpaired) electrons. The Labute approximate surface area is 245 Å². The molecule has 0 saturated carbocycles. The Morgan fingerprint density at radius 3 is 2.09 bits per heavy atom. The zero-order chi connectivity index (χ0) is 32.1. The van der Waals surface area contributed by atoms with Gasteiger partial charge in [0.15, 0.2) is 5.96 Å². The number of hydrogen-bond donors (Lipinski definition) is 10. The van der Waals surface area contributed by atoms with Crippen LogP contribution in [0.5, 0.6) is 0 Å². The van der Waals surface area contributed by atoms with Crippen molar-refractivity contribution in [3.05, 3.63) is 36.0 Å². The maximum atomic E-state index is 13.5. The maximum Gasteiger partial charge on any atom is 0.326 e. The number of hydrogen-bond acceptors (Lipinski definition) is 8. The fourth-order valence-corrected chi connectivity index (χ4v) is 4.11. The van der Waals surface area contributed by atoms with Crippen molar-refractivity contribution in [1.82, 2.24) is 20.9 Å². The molecule has 17 heteroatoms. The van der Waals surface area contributed by atoms with Gasteiger partial charge in [0.25, 0.3) is 0 Å². The van der Waals surface area contributed by atoms with Crippen molar-refractivity contribution in [2.45, 2.75) is 62.7 Å². The summed E-state index contributed by atoms with van der Waals surface area (Å²) in [6.45, 7) is 0.224. The number of carboxylic acid groups (broad SMARTS) is 3. The van der Waals surface area contributed by atoms with E-state index in [0.717, 1.165) is 10.9 Å². The third-order valence-electron chi connectivity index (χ3n) is 6.31. The van der Waals surface area contributed by atoms with Gasteiger partial charge in [0, 0.05) is 36.5 Å². The highest BCUT2D eigenvalue weighted by atomic mass is 16.4. The molecule has 0 aliphatic heterocycles. The van der Waals surface area contributed by atoms with Gasteiger partial charge in [-0.15, -0.1) is 0 Å². The van der Waals surface area contributed by atoms with Crippen molar-refractivity contribution >= 4 is 52.5 Å². The van der Waals surface area contributed by atoms with Crippen LogP contribution >= 0.6 is 0 Å². The van der Waals surface area contributed by atoms with E-state index < -0.39 is 79.1 Å². The minimum Gasteiger partial charge on any atom is -0.481 e. The molecule has 2 aromatic rings. The van der Waals surface area contributed by atoms with Gasteiger partial charge in [-0.25, -0.2) is 4.79 Å². The summed E-state index contributed by atoms with van der Waals surface area (Å²) in [5.41, 5.74) is 18.0. The van der Waals surface area contributed by atoms with E-state index in [-0.39, 0.29) is 25.3 Å². The quantitative estimate of drug-likeness (QED) is 0.0500. The summed E-state index contributed by atoms with van der Waals surface area (Å²) >= 11 is 0. The van der Waals surface area contributed by atoms with Crippen LogP contribution < -0.4 is 33.2 Å². The average molecular weight is 605 g/mol. The Kier molecular flexibility index (Phi) is 12.9. The van der Waals surface area contributed by atoms with Crippen molar-refractivity contribution < 1.29 is 44.1 Å². The van der Waals surface area contributed by atoms with E-state index in [2.05, 4.69) is 20.6 Å². The second-order valence-corrected chi connectivity index (χ2v) is 9.67. The number of fused-ring (bicyclic) bond motifs is 1. The first-order valence-corrected chi connectivity index (χ1v) is 13.2. The topological polar surface area (TPSA) is 305 Å². The molecule has 0 fully saturated rings. The number of carboxylic acids is 3. The van der Waals surface area contributed by atoms with Crippen LogP contribution in [0.3, 0.4) is 0 Å². The molecular weight excluding hydrogens is 568 g/mol. The van der Waals surface area contributed by atoms with Gasteiger partial charge in [-0.2, -0.15) is 0 Å². The fourth-order valence-electron chi connectivity index (χ4n) is 4.11. The van der Waals surface area contributed by atoms with Crippen LogP contribution in [0, 0.1) is 0 Å². The molecule has 0 bridgehead atoms. The van der Waals surface area contributed by atoms with Gasteiger partial charge in [0.05, 0.1) is 12.5 Å². The zero-order valence-electron chi connectivity index (χ0n) is 23.1. The first-order chi connectivity index (χ1) is 20.3. The van der Waals surface area contributed by atoms with Crippen LogP contribution in [0.1, 0.15) is 37.7 Å². The average Bonchev–Trinajstić information content (AvgIpc) is 3.34. The third-order valence-corrected chi connectivity index (χ3v) is 6.31. The number of aliphatic carboxylic acids is 3. The number of amides is 3. The number of nitrogens with two attached hydrogens (primary N) is 3. The van der Waals surface area contributed by atoms with Gasteiger partial charge >= 0.3 is 17.9 Å². The van der Waals surface area contributed by atoms with Crippen LogP contribution in [0.2, 0.25) is 0 Å². The number of aromatic nitrogens is 1. The summed E-state index contributed by atoms with van der Waals surface area (Å²) in [6, 6.07) is 1.42. The summed E-state index contributed by atoms with van der Waals surface area (Å²) in [5.74, 6) is -7.26. The van der Waals surface area contributed by atoms with Gasteiger partial charge in [-0.05, 0) is 30.9 Å². The molecule has 0 aliphatic carbocycles. The van der Waals surface area contributed by atoms with E-state index >= 15 is 0 Å². The molecule has 1 aromatic carbocycles. The molecule has 0 saturated heterocycles. The molecule has 1 aromatic heterocycles. The molecular formula is C26H36N8O9. The minimum atomic E-state index is -1.84. The van der Waals surface area contributed by atoms with Crippen molar-refractivity contribution in [1.29, 1.82) is 0 Å². The molecule has 4 atom stereocenters. The number of carbonyl (C=O) groups is 6. The molecule has 2 rings (SSSR count). The van der Waals surface area contributed by atoms with E-state index in [1.165, 1.54) is 0 Å². The number of carbonyl (C=O) groups excluding carboxylic acids is 3. The van der Waals surface area contributed by atoms with Crippen molar-refractivity contribution in [3.63, 3.8) is 0 Å². The largest absolute Gasteiger partial charge is 0.481 e. The van der Waals surface area contributed by atoms with Crippen LogP contribution in [-0.2, 0) is 35.2 Å². The number of nitrogens with one attached hydrogen (secondary N) is 4. The number of para-hydroxylation sites is 1. The fraction of sp³-hybridized carbons (Fsp3) is 0.423. The predicted octanol–water partition coefficient (Wildman–Crippen LogP) is -2.03. The molecule has 43 heavy (non-hydrogen) atoms. The van der Waals surface area contributed by atoms with Crippen LogP contribution in [0.15, 0.2) is 35.5 Å². The monoisotopic (exact) mass is 604 g/mol. The lowest BCUT2D eigenvalue weighted by Crippen LogP contribution is -2.57. The Balaban J connectivity index is 2.29. The lowest BCUT2D eigenvalue weighted by atomic mass is 10.0. The summed E-state index contributed by atoms with van der Waals surface area (Å²) in [4.78, 5) is 79.9. The first-order valence-electron chi connectivity index (χ1n) is 13.2. The second kappa shape index (κ2) is 16.3. The second-order valence-electron chi connectivity index (χ2n) is 9.67. The van der Waals surface area contributed by atoms with Gasteiger partial charge in [-0.1, -0.05) is 18.2 Å². The highest BCUT2D eigenvalue weighted by molar-refractivity contribution is 5.95. The number of aromatic amines is 1. The zero-order valence-corrected chi connectivity index (χ0v) is 23.1. The highest BCUT2D eigenvalue weighted by Gasteiger charge is 2.32. The number of guanidine groups is 1.